The van der Waals surface area contributed by atoms with E-state index in [0.717, 1.165) is 42.9 Å². The molecule has 1 atom stereocenters. The molecule has 0 aliphatic heterocycles. The Balaban J connectivity index is 1.29. The Morgan fingerprint density at radius 3 is 2.35 bits per heavy atom. The van der Waals surface area contributed by atoms with E-state index >= 15 is 0 Å². The number of hydrogen-bond donors (Lipinski definition) is 2. The molecule has 0 aromatic heterocycles. The standard InChI is InChI=1S/C29H31NO4/c31-27(30-26(28(32)33)29-15-19-12-20(16-29)14-21(13-19)17-29)24-10-9-22-5-1-2-6-23(22)25(24)34-11-3-4-18-7-8-18/h1-2,5-6,9-10,18-21,26H,7-8,11-17H2,(H,30,31)(H,32,33). The highest BCUT2D eigenvalue weighted by molar-refractivity contribution is 6.05. The Hall–Kier alpha value is -3.00. The molecule has 0 heterocycles. The third-order valence-corrected chi connectivity index (χ3v) is 8.52. The Kier molecular flexibility index (Phi) is 5.28. The number of rotatable bonds is 6. The van der Waals surface area contributed by atoms with Gasteiger partial charge in [-0.05, 0) is 80.6 Å². The quantitative estimate of drug-likeness (QED) is 0.597. The van der Waals surface area contributed by atoms with Crippen LogP contribution in [-0.2, 0) is 4.79 Å². The van der Waals surface area contributed by atoms with Crippen LogP contribution in [0.3, 0.4) is 0 Å². The fourth-order valence-electron chi connectivity index (χ4n) is 7.32. The van der Waals surface area contributed by atoms with Crippen molar-refractivity contribution in [2.45, 2.75) is 57.4 Å². The van der Waals surface area contributed by atoms with Crippen molar-refractivity contribution in [3.63, 3.8) is 0 Å². The van der Waals surface area contributed by atoms with Gasteiger partial charge in [-0.15, -0.1) is 0 Å². The van der Waals surface area contributed by atoms with Gasteiger partial charge in [0, 0.05) is 16.7 Å². The lowest BCUT2D eigenvalue weighted by Crippen LogP contribution is -2.59. The van der Waals surface area contributed by atoms with Gasteiger partial charge >= 0.3 is 5.97 Å². The first-order valence-electron chi connectivity index (χ1n) is 12.7. The van der Waals surface area contributed by atoms with E-state index in [0.29, 0.717) is 35.0 Å². The maximum Gasteiger partial charge on any atom is 0.326 e. The van der Waals surface area contributed by atoms with Crippen LogP contribution in [0.5, 0.6) is 5.75 Å². The Morgan fingerprint density at radius 1 is 1.03 bits per heavy atom. The highest BCUT2D eigenvalue weighted by atomic mass is 16.5. The number of carbonyl (C=O) groups is 2. The van der Waals surface area contributed by atoms with Crippen LogP contribution in [0.1, 0.15) is 61.7 Å². The van der Waals surface area contributed by atoms with E-state index in [9.17, 15) is 14.7 Å². The molecule has 2 aromatic rings. The van der Waals surface area contributed by atoms with Crippen LogP contribution in [0.15, 0.2) is 36.4 Å². The van der Waals surface area contributed by atoms with Gasteiger partial charge < -0.3 is 15.2 Å². The van der Waals surface area contributed by atoms with E-state index in [-0.39, 0.29) is 17.9 Å². The van der Waals surface area contributed by atoms with Crippen LogP contribution in [0.25, 0.3) is 10.8 Å². The fourth-order valence-corrected chi connectivity index (χ4v) is 7.32. The van der Waals surface area contributed by atoms with Crippen molar-refractivity contribution in [3.8, 4) is 17.6 Å². The topological polar surface area (TPSA) is 75.6 Å². The molecule has 5 nitrogen and oxygen atoms in total. The molecule has 7 rings (SSSR count). The lowest BCUT2D eigenvalue weighted by atomic mass is 9.47. The number of nitrogens with one attached hydrogen (secondary N) is 1. The fraction of sp³-hybridized carbons (Fsp3) is 0.517. The predicted octanol–water partition coefficient (Wildman–Crippen LogP) is 5.03. The molecular formula is C29H31NO4. The molecule has 4 bridgehead atoms. The number of carbonyl (C=O) groups excluding carboxylic acids is 1. The van der Waals surface area contributed by atoms with Gasteiger partial charge in [-0.2, -0.15) is 0 Å². The van der Waals surface area contributed by atoms with E-state index in [4.69, 9.17) is 4.74 Å². The molecule has 2 N–H and O–H groups in total. The highest BCUT2D eigenvalue weighted by Crippen LogP contribution is 2.61. The molecule has 2 aromatic carbocycles. The molecule has 5 fully saturated rings. The smallest absolute Gasteiger partial charge is 0.326 e. The van der Waals surface area contributed by atoms with Gasteiger partial charge in [-0.3, -0.25) is 4.79 Å². The average Bonchev–Trinajstić information content (AvgIpc) is 3.63. The second-order valence-corrected chi connectivity index (χ2v) is 11.1. The predicted molar refractivity (Wildman–Crippen MR) is 129 cm³/mol. The van der Waals surface area contributed by atoms with Crippen LogP contribution in [0, 0.1) is 40.9 Å². The number of hydrogen-bond acceptors (Lipinski definition) is 3. The largest absolute Gasteiger partial charge is 0.480 e. The summed E-state index contributed by atoms with van der Waals surface area (Å²) in [7, 11) is 0. The summed E-state index contributed by atoms with van der Waals surface area (Å²) in [6, 6.07) is 10.6. The minimum Gasteiger partial charge on any atom is -0.480 e. The van der Waals surface area contributed by atoms with Crippen LogP contribution in [0.4, 0.5) is 0 Å². The van der Waals surface area contributed by atoms with Gasteiger partial charge in [0.2, 0.25) is 0 Å². The molecule has 1 amide bonds. The highest BCUT2D eigenvalue weighted by Gasteiger charge is 2.56. The summed E-state index contributed by atoms with van der Waals surface area (Å²) in [5.74, 6) is 7.75. The Labute approximate surface area is 200 Å². The van der Waals surface area contributed by atoms with E-state index in [2.05, 4.69) is 17.2 Å². The Morgan fingerprint density at radius 2 is 1.71 bits per heavy atom. The van der Waals surface area contributed by atoms with Crippen molar-refractivity contribution in [3.05, 3.63) is 42.0 Å². The van der Waals surface area contributed by atoms with Crippen molar-refractivity contribution >= 4 is 22.6 Å². The number of carboxylic acid groups (broad SMARTS) is 1. The molecule has 5 heteroatoms. The van der Waals surface area contributed by atoms with Crippen LogP contribution >= 0.6 is 0 Å². The zero-order valence-electron chi connectivity index (χ0n) is 19.4. The molecule has 176 valence electrons. The van der Waals surface area contributed by atoms with E-state index in [1.807, 2.05) is 30.3 Å². The number of ether oxygens (including phenoxy) is 1. The van der Waals surface area contributed by atoms with Crippen molar-refractivity contribution < 1.29 is 19.4 Å². The zero-order valence-corrected chi connectivity index (χ0v) is 19.4. The molecule has 34 heavy (non-hydrogen) atoms. The number of fused-ring (bicyclic) bond motifs is 1. The van der Waals surface area contributed by atoms with E-state index in [1.165, 1.54) is 19.3 Å². The zero-order chi connectivity index (χ0) is 23.3. The SMILES string of the molecule is O=C(NC(C(=O)O)C12CC3CC(CC(C3)C1)C2)c1ccc2ccccc2c1OCC#CC1CC1. The maximum absolute atomic E-state index is 13.6. The number of aliphatic carboxylic acids is 1. The van der Waals surface area contributed by atoms with Gasteiger partial charge in [-0.25, -0.2) is 4.79 Å². The summed E-state index contributed by atoms with van der Waals surface area (Å²) in [6.07, 6.45) is 8.71. The molecule has 5 aliphatic rings. The Bertz CT molecular complexity index is 1170. The number of benzene rings is 2. The molecule has 0 radical (unpaired) electrons. The minimum atomic E-state index is -0.922. The summed E-state index contributed by atoms with van der Waals surface area (Å²) < 4.78 is 6.06. The maximum atomic E-state index is 13.6. The molecule has 1 unspecified atom stereocenters. The number of amides is 1. The second-order valence-electron chi connectivity index (χ2n) is 11.1. The summed E-state index contributed by atoms with van der Waals surface area (Å²) >= 11 is 0. The summed E-state index contributed by atoms with van der Waals surface area (Å²) in [4.78, 5) is 26.1. The lowest BCUT2D eigenvalue weighted by Gasteiger charge is -2.58. The van der Waals surface area contributed by atoms with Gasteiger partial charge in [0.05, 0.1) is 5.56 Å². The molecule has 0 saturated heterocycles. The summed E-state index contributed by atoms with van der Waals surface area (Å²) in [5, 5.41) is 15.0. The van der Waals surface area contributed by atoms with Gasteiger partial charge in [0.1, 0.15) is 18.4 Å². The van der Waals surface area contributed by atoms with Crippen molar-refractivity contribution in [2.75, 3.05) is 6.61 Å². The minimum absolute atomic E-state index is 0.210. The summed E-state index contributed by atoms with van der Waals surface area (Å²) in [6.45, 7) is 0.210. The van der Waals surface area contributed by atoms with Crippen LogP contribution in [-0.4, -0.2) is 29.6 Å². The second kappa shape index (κ2) is 8.34. The van der Waals surface area contributed by atoms with E-state index < -0.39 is 12.0 Å². The third-order valence-electron chi connectivity index (χ3n) is 8.52. The molecular weight excluding hydrogens is 426 g/mol. The molecule has 5 saturated carbocycles. The van der Waals surface area contributed by atoms with Gasteiger partial charge in [-0.1, -0.05) is 42.2 Å². The van der Waals surface area contributed by atoms with E-state index in [1.54, 1.807) is 6.07 Å². The average molecular weight is 458 g/mol. The molecule has 5 aliphatic carbocycles. The molecule has 0 spiro atoms. The van der Waals surface area contributed by atoms with Gasteiger partial charge in [0.15, 0.2) is 0 Å². The lowest BCUT2D eigenvalue weighted by molar-refractivity contribution is -0.150. The first-order chi connectivity index (χ1) is 16.5. The number of carboxylic acids is 1. The van der Waals surface area contributed by atoms with Crippen LogP contribution < -0.4 is 10.1 Å². The normalized spacial score (nSPS) is 29.8. The monoisotopic (exact) mass is 457 g/mol. The van der Waals surface area contributed by atoms with Crippen molar-refractivity contribution in [1.82, 2.24) is 5.32 Å². The summed E-state index contributed by atoms with van der Waals surface area (Å²) in [5.41, 5.74) is 0.0482. The van der Waals surface area contributed by atoms with Crippen molar-refractivity contribution in [2.24, 2.45) is 29.1 Å². The van der Waals surface area contributed by atoms with Gasteiger partial charge in [0.25, 0.3) is 5.91 Å². The first kappa shape index (κ1) is 21.5. The van der Waals surface area contributed by atoms with Crippen molar-refractivity contribution in [1.29, 1.82) is 0 Å². The first-order valence-corrected chi connectivity index (χ1v) is 12.7. The third kappa shape index (κ3) is 3.94. The van der Waals surface area contributed by atoms with Crippen LogP contribution in [0.2, 0.25) is 0 Å².